The molecule has 6 nitrogen and oxygen atoms in total. The van der Waals surface area contributed by atoms with Crippen LogP contribution in [0.1, 0.15) is 11.6 Å². The maximum atomic E-state index is 11.8. The molecule has 21 heavy (non-hydrogen) atoms. The highest BCUT2D eigenvalue weighted by Gasteiger charge is 2.13. The number of urea groups is 1. The van der Waals surface area contributed by atoms with Crippen molar-refractivity contribution in [2.45, 2.75) is 12.6 Å². The number of nitrogens with one attached hydrogen (secondary N) is 2. The van der Waals surface area contributed by atoms with Gasteiger partial charge in [0.15, 0.2) is 0 Å². The molecule has 7 heteroatoms. The molecule has 112 valence electrons. The van der Waals surface area contributed by atoms with Gasteiger partial charge in [-0.2, -0.15) is 0 Å². The van der Waals surface area contributed by atoms with Crippen molar-refractivity contribution in [1.29, 1.82) is 0 Å². The fourth-order valence-corrected chi connectivity index (χ4v) is 1.98. The number of aliphatic hydroxyl groups is 1. The zero-order chi connectivity index (χ0) is 15.1. The molecule has 0 aliphatic rings. The number of rotatable bonds is 6. The summed E-state index contributed by atoms with van der Waals surface area (Å²) in [6.45, 7) is 0.926. The van der Waals surface area contributed by atoms with Crippen molar-refractivity contribution in [1.82, 2.24) is 20.2 Å². The lowest BCUT2D eigenvalue weighted by Gasteiger charge is -2.17. The Bertz CT molecular complexity index is 557. The van der Waals surface area contributed by atoms with Gasteiger partial charge in [-0.1, -0.05) is 23.7 Å². The van der Waals surface area contributed by atoms with E-state index in [-0.39, 0.29) is 12.6 Å². The molecule has 0 bridgehead atoms. The van der Waals surface area contributed by atoms with E-state index in [1.807, 2.05) is 10.8 Å². The van der Waals surface area contributed by atoms with Gasteiger partial charge in [0, 0.05) is 30.5 Å². The molecule has 0 radical (unpaired) electrons. The summed E-state index contributed by atoms with van der Waals surface area (Å²) in [5.74, 6) is 0. The van der Waals surface area contributed by atoms with Crippen LogP contribution in [0.4, 0.5) is 4.79 Å². The zero-order valence-electron chi connectivity index (χ0n) is 11.4. The Balaban J connectivity index is 1.80. The lowest BCUT2D eigenvalue weighted by atomic mass is 10.1. The standard InChI is InChI=1S/C14H17ClN4O2/c15-12-3-1-11(2-4-12)13(9-20)18-14(21)17-6-8-19-7-5-16-10-19/h1-5,7,10,13,20H,6,8-9H2,(H2,17,18,21). The number of amides is 2. The van der Waals surface area contributed by atoms with Gasteiger partial charge in [-0.25, -0.2) is 9.78 Å². The van der Waals surface area contributed by atoms with Crippen molar-refractivity contribution < 1.29 is 9.90 Å². The van der Waals surface area contributed by atoms with Crippen LogP contribution in [0.2, 0.25) is 5.02 Å². The molecule has 1 aromatic carbocycles. The molecule has 0 spiro atoms. The topological polar surface area (TPSA) is 79.2 Å². The molecule has 0 fully saturated rings. The minimum Gasteiger partial charge on any atom is -0.394 e. The molecule has 2 amide bonds. The summed E-state index contributed by atoms with van der Waals surface area (Å²) in [6.07, 6.45) is 5.19. The first kappa shape index (κ1) is 15.3. The van der Waals surface area contributed by atoms with Gasteiger partial charge in [-0.3, -0.25) is 0 Å². The summed E-state index contributed by atoms with van der Waals surface area (Å²) in [7, 11) is 0. The van der Waals surface area contributed by atoms with Gasteiger partial charge >= 0.3 is 6.03 Å². The number of nitrogens with zero attached hydrogens (tertiary/aromatic N) is 2. The van der Waals surface area contributed by atoms with E-state index in [1.165, 1.54) is 0 Å². The van der Waals surface area contributed by atoms with Gasteiger partial charge in [0.2, 0.25) is 0 Å². The molecule has 2 rings (SSSR count). The van der Waals surface area contributed by atoms with Crippen molar-refractivity contribution in [3.8, 4) is 0 Å². The number of carbonyl (C=O) groups excluding carboxylic acids is 1. The normalized spacial score (nSPS) is 11.9. The summed E-state index contributed by atoms with van der Waals surface area (Å²) in [5.41, 5.74) is 0.798. The smallest absolute Gasteiger partial charge is 0.315 e. The van der Waals surface area contributed by atoms with E-state index in [0.717, 1.165) is 5.56 Å². The summed E-state index contributed by atoms with van der Waals surface area (Å²) in [4.78, 5) is 15.7. The average Bonchev–Trinajstić information content (AvgIpc) is 2.99. The zero-order valence-corrected chi connectivity index (χ0v) is 12.1. The molecule has 3 N–H and O–H groups in total. The number of aliphatic hydroxyl groups excluding tert-OH is 1. The maximum absolute atomic E-state index is 11.8. The Hall–Kier alpha value is -2.05. The van der Waals surface area contributed by atoms with Crippen LogP contribution in [0.3, 0.4) is 0 Å². The van der Waals surface area contributed by atoms with E-state index in [4.69, 9.17) is 11.6 Å². The SMILES string of the molecule is O=C(NCCn1ccnc1)NC(CO)c1ccc(Cl)cc1. The minimum absolute atomic E-state index is 0.184. The lowest BCUT2D eigenvalue weighted by molar-refractivity contribution is 0.216. The van der Waals surface area contributed by atoms with E-state index in [1.54, 1.807) is 36.8 Å². The quantitative estimate of drug-likeness (QED) is 0.758. The monoisotopic (exact) mass is 308 g/mol. The van der Waals surface area contributed by atoms with Crippen LogP contribution in [-0.4, -0.2) is 33.8 Å². The van der Waals surface area contributed by atoms with E-state index >= 15 is 0 Å². The van der Waals surface area contributed by atoms with Crippen LogP contribution in [0.5, 0.6) is 0 Å². The van der Waals surface area contributed by atoms with Crippen molar-refractivity contribution in [3.63, 3.8) is 0 Å². The first-order chi connectivity index (χ1) is 10.2. The van der Waals surface area contributed by atoms with Gasteiger partial charge < -0.3 is 20.3 Å². The highest BCUT2D eigenvalue weighted by Crippen LogP contribution is 2.15. The fraction of sp³-hybridized carbons (Fsp3) is 0.286. The Kier molecular flexibility index (Phi) is 5.59. The number of hydrogen-bond donors (Lipinski definition) is 3. The van der Waals surface area contributed by atoms with Crippen molar-refractivity contribution in [2.24, 2.45) is 0 Å². The van der Waals surface area contributed by atoms with E-state index in [0.29, 0.717) is 18.1 Å². The first-order valence-corrected chi connectivity index (χ1v) is 6.93. The van der Waals surface area contributed by atoms with E-state index in [9.17, 15) is 9.90 Å². The molecule has 1 unspecified atom stereocenters. The number of aromatic nitrogens is 2. The summed E-state index contributed by atoms with van der Waals surface area (Å²) in [6, 6.07) is 6.19. The molecular weight excluding hydrogens is 292 g/mol. The summed E-state index contributed by atoms with van der Waals surface area (Å²) in [5, 5.41) is 15.4. The second-order valence-electron chi connectivity index (χ2n) is 4.49. The van der Waals surface area contributed by atoms with E-state index in [2.05, 4.69) is 15.6 Å². The maximum Gasteiger partial charge on any atom is 0.315 e. The highest BCUT2D eigenvalue weighted by molar-refractivity contribution is 6.30. The number of carbonyl (C=O) groups is 1. The summed E-state index contributed by atoms with van der Waals surface area (Å²) >= 11 is 5.81. The largest absolute Gasteiger partial charge is 0.394 e. The predicted octanol–water partition coefficient (Wildman–Crippen LogP) is 1.57. The van der Waals surface area contributed by atoms with Crippen LogP contribution in [-0.2, 0) is 6.54 Å². The summed E-state index contributed by atoms with van der Waals surface area (Å²) < 4.78 is 1.86. The lowest BCUT2D eigenvalue weighted by Crippen LogP contribution is -2.40. The fourth-order valence-electron chi connectivity index (χ4n) is 1.86. The Morgan fingerprint density at radius 2 is 2.14 bits per heavy atom. The van der Waals surface area contributed by atoms with Crippen molar-refractivity contribution in [2.75, 3.05) is 13.2 Å². The third-order valence-corrected chi connectivity index (χ3v) is 3.23. The second kappa shape index (κ2) is 7.66. The Labute approximate surface area is 127 Å². The first-order valence-electron chi connectivity index (χ1n) is 6.55. The third-order valence-electron chi connectivity index (χ3n) is 2.98. The Morgan fingerprint density at radius 1 is 1.38 bits per heavy atom. The van der Waals surface area contributed by atoms with Crippen LogP contribution in [0, 0.1) is 0 Å². The second-order valence-corrected chi connectivity index (χ2v) is 4.92. The van der Waals surface area contributed by atoms with Crippen LogP contribution in [0.15, 0.2) is 43.0 Å². The number of imidazole rings is 1. The minimum atomic E-state index is -0.462. The molecule has 0 saturated heterocycles. The third kappa shape index (κ3) is 4.77. The average molecular weight is 309 g/mol. The van der Waals surface area contributed by atoms with Crippen LogP contribution >= 0.6 is 11.6 Å². The molecule has 1 aromatic heterocycles. The molecule has 2 aromatic rings. The number of hydrogen-bond acceptors (Lipinski definition) is 3. The molecule has 1 heterocycles. The molecule has 1 atom stereocenters. The van der Waals surface area contributed by atoms with Gasteiger partial charge in [0.05, 0.1) is 19.0 Å². The number of halogens is 1. The molecule has 0 aliphatic carbocycles. The molecule has 0 aliphatic heterocycles. The highest BCUT2D eigenvalue weighted by atomic mass is 35.5. The molecular formula is C14H17ClN4O2. The van der Waals surface area contributed by atoms with Crippen LogP contribution < -0.4 is 10.6 Å². The van der Waals surface area contributed by atoms with Gasteiger partial charge in [0.1, 0.15) is 0 Å². The molecule has 0 saturated carbocycles. The van der Waals surface area contributed by atoms with Gasteiger partial charge in [-0.05, 0) is 17.7 Å². The predicted molar refractivity (Wildman–Crippen MR) is 80.0 cm³/mol. The Morgan fingerprint density at radius 3 is 2.76 bits per heavy atom. The number of benzene rings is 1. The van der Waals surface area contributed by atoms with Crippen LogP contribution in [0.25, 0.3) is 0 Å². The van der Waals surface area contributed by atoms with Gasteiger partial charge in [-0.15, -0.1) is 0 Å². The van der Waals surface area contributed by atoms with Crippen molar-refractivity contribution >= 4 is 17.6 Å². The van der Waals surface area contributed by atoms with E-state index < -0.39 is 6.04 Å². The van der Waals surface area contributed by atoms with Gasteiger partial charge in [0.25, 0.3) is 0 Å². The van der Waals surface area contributed by atoms with Crippen molar-refractivity contribution in [3.05, 3.63) is 53.6 Å².